The normalized spacial score (nSPS) is 19.9. The Hall–Kier alpha value is -1.28. The van der Waals surface area contributed by atoms with Crippen molar-refractivity contribution in [3.63, 3.8) is 0 Å². The Morgan fingerprint density at radius 1 is 1.56 bits per heavy atom. The van der Waals surface area contributed by atoms with Gasteiger partial charge in [-0.3, -0.25) is 0 Å². The van der Waals surface area contributed by atoms with Gasteiger partial charge in [0.25, 0.3) is 0 Å². The van der Waals surface area contributed by atoms with Crippen LogP contribution in [0, 0.1) is 0 Å². The first-order chi connectivity index (χ1) is 7.85. The van der Waals surface area contributed by atoms with Crippen LogP contribution in [0.3, 0.4) is 0 Å². The van der Waals surface area contributed by atoms with E-state index in [1.165, 1.54) is 5.56 Å². The molecule has 2 unspecified atom stereocenters. The van der Waals surface area contributed by atoms with Crippen LogP contribution in [-0.2, 0) is 6.42 Å². The standard InChI is InChI=1S/C14H19NO/c1-3-7-12(15-4-2)14-10-11-8-5-6-9-13(11)16-14/h3,5-6,8-9,12,14-15H,1,4,7,10H2,2H3. The van der Waals surface area contributed by atoms with Crippen molar-refractivity contribution in [3.05, 3.63) is 42.5 Å². The molecule has 1 aromatic rings. The molecule has 1 N–H and O–H groups in total. The van der Waals surface area contributed by atoms with E-state index in [1.54, 1.807) is 0 Å². The van der Waals surface area contributed by atoms with E-state index in [0.717, 1.165) is 25.1 Å². The third-order valence-corrected chi connectivity index (χ3v) is 3.01. The van der Waals surface area contributed by atoms with E-state index >= 15 is 0 Å². The predicted octanol–water partition coefficient (Wildman–Crippen LogP) is 2.54. The molecular formula is C14H19NO. The van der Waals surface area contributed by atoms with Crippen molar-refractivity contribution in [2.45, 2.75) is 31.9 Å². The molecule has 0 saturated heterocycles. The molecule has 0 radical (unpaired) electrons. The van der Waals surface area contributed by atoms with E-state index in [2.05, 4.69) is 31.0 Å². The zero-order valence-corrected chi connectivity index (χ0v) is 9.78. The number of fused-ring (bicyclic) bond motifs is 1. The van der Waals surface area contributed by atoms with Gasteiger partial charge in [0.2, 0.25) is 0 Å². The lowest BCUT2D eigenvalue weighted by Gasteiger charge is -2.22. The summed E-state index contributed by atoms with van der Waals surface area (Å²) in [5.74, 6) is 1.04. The SMILES string of the molecule is C=CCC(NCC)C1Cc2ccccc2O1. The second-order valence-electron chi connectivity index (χ2n) is 4.16. The first-order valence-electron chi connectivity index (χ1n) is 5.94. The van der Waals surface area contributed by atoms with Gasteiger partial charge >= 0.3 is 0 Å². The number of ether oxygens (including phenoxy) is 1. The largest absolute Gasteiger partial charge is 0.488 e. The fourth-order valence-electron chi connectivity index (χ4n) is 2.24. The Morgan fingerprint density at radius 2 is 2.38 bits per heavy atom. The predicted molar refractivity (Wildman–Crippen MR) is 66.8 cm³/mol. The van der Waals surface area contributed by atoms with Crippen molar-refractivity contribution in [1.29, 1.82) is 0 Å². The van der Waals surface area contributed by atoms with Crippen molar-refractivity contribution in [2.75, 3.05) is 6.54 Å². The minimum absolute atomic E-state index is 0.246. The van der Waals surface area contributed by atoms with Crippen molar-refractivity contribution in [3.8, 4) is 5.75 Å². The number of hydrogen-bond donors (Lipinski definition) is 1. The first kappa shape index (κ1) is 11.2. The average Bonchev–Trinajstić information content (AvgIpc) is 2.72. The minimum Gasteiger partial charge on any atom is -0.488 e. The summed E-state index contributed by atoms with van der Waals surface area (Å²) in [7, 11) is 0. The highest BCUT2D eigenvalue weighted by molar-refractivity contribution is 5.37. The first-order valence-corrected chi connectivity index (χ1v) is 5.94. The van der Waals surface area contributed by atoms with Crippen LogP contribution in [0.5, 0.6) is 5.75 Å². The molecule has 86 valence electrons. The molecule has 0 saturated carbocycles. The second kappa shape index (κ2) is 5.17. The van der Waals surface area contributed by atoms with Gasteiger partial charge < -0.3 is 10.1 Å². The number of benzene rings is 1. The molecule has 2 rings (SSSR count). The summed E-state index contributed by atoms with van der Waals surface area (Å²) < 4.78 is 5.96. The third-order valence-electron chi connectivity index (χ3n) is 3.01. The molecule has 0 spiro atoms. The van der Waals surface area contributed by atoms with Crippen LogP contribution in [0.2, 0.25) is 0 Å². The highest BCUT2D eigenvalue weighted by atomic mass is 16.5. The third kappa shape index (κ3) is 2.27. The quantitative estimate of drug-likeness (QED) is 0.765. The Morgan fingerprint density at radius 3 is 3.06 bits per heavy atom. The number of rotatable bonds is 5. The highest BCUT2D eigenvalue weighted by Gasteiger charge is 2.28. The minimum atomic E-state index is 0.246. The van der Waals surface area contributed by atoms with Gasteiger partial charge in [0, 0.05) is 12.5 Å². The maximum absolute atomic E-state index is 5.96. The summed E-state index contributed by atoms with van der Waals surface area (Å²) in [5, 5.41) is 3.46. The van der Waals surface area contributed by atoms with E-state index < -0.39 is 0 Å². The van der Waals surface area contributed by atoms with Crippen molar-refractivity contribution in [2.24, 2.45) is 0 Å². The van der Waals surface area contributed by atoms with Crippen LogP contribution >= 0.6 is 0 Å². The van der Waals surface area contributed by atoms with Crippen LogP contribution in [0.15, 0.2) is 36.9 Å². The molecule has 2 nitrogen and oxygen atoms in total. The summed E-state index contributed by atoms with van der Waals surface area (Å²) in [6.45, 7) is 6.90. The number of para-hydroxylation sites is 1. The molecule has 0 aromatic heterocycles. The molecule has 1 aromatic carbocycles. The maximum atomic E-state index is 5.96. The fraction of sp³-hybridized carbons (Fsp3) is 0.429. The lowest BCUT2D eigenvalue weighted by molar-refractivity contribution is 0.179. The van der Waals surface area contributed by atoms with Crippen molar-refractivity contribution < 1.29 is 4.74 Å². The molecule has 1 aliphatic rings. The Kier molecular flexibility index (Phi) is 3.62. The van der Waals surface area contributed by atoms with Crippen LogP contribution in [0.4, 0.5) is 0 Å². The summed E-state index contributed by atoms with van der Waals surface area (Å²) in [5.41, 5.74) is 1.32. The van der Waals surface area contributed by atoms with Crippen LogP contribution in [-0.4, -0.2) is 18.7 Å². The molecule has 0 fully saturated rings. The second-order valence-corrected chi connectivity index (χ2v) is 4.16. The molecule has 2 heteroatoms. The van der Waals surface area contributed by atoms with Gasteiger partial charge in [0.1, 0.15) is 11.9 Å². The zero-order valence-electron chi connectivity index (χ0n) is 9.78. The lowest BCUT2D eigenvalue weighted by atomic mass is 10.0. The molecular weight excluding hydrogens is 198 g/mol. The van der Waals surface area contributed by atoms with Gasteiger partial charge in [0.05, 0.1) is 0 Å². The maximum Gasteiger partial charge on any atom is 0.123 e. The van der Waals surface area contributed by atoms with Gasteiger partial charge in [-0.25, -0.2) is 0 Å². The number of hydrogen-bond acceptors (Lipinski definition) is 2. The van der Waals surface area contributed by atoms with Gasteiger partial charge in [-0.05, 0) is 24.6 Å². The average molecular weight is 217 g/mol. The zero-order chi connectivity index (χ0) is 11.4. The Bertz CT molecular complexity index is 337. The monoisotopic (exact) mass is 217 g/mol. The van der Waals surface area contributed by atoms with Gasteiger partial charge in [0.15, 0.2) is 0 Å². The van der Waals surface area contributed by atoms with Gasteiger partial charge in [-0.1, -0.05) is 31.2 Å². The molecule has 1 heterocycles. The van der Waals surface area contributed by atoms with E-state index in [4.69, 9.17) is 4.74 Å². The van der Waals surface area contributed by atoms with Crippen LogP contribution < -0.4 is 10.1 Å². The van der Waals surface area contributed by atoms with Gasteiger partial charge in [-0.15, -0.1) is 6.58 Å². The molecule has 16 heavy (non-hydrogen) atoms. The number of nitrogens with one attached hydrogen (secondary N) is 1. The summed E-state index contributed by atoms with van der Waals surface area (Å²) in [6, 6.07) is 8.66. The van der Waals surface area contributed by atoms with Crippen LogP contribution in [0.1, 0.15) is 18.9 Å². The van der Waals surface area contributed by atoms with Crippen molar-refractivity contribution in [1.82, 2.24) is 5.32 Å². The fourth-order valence-corrected chi connectivity index (χ4v) is 2.24. The molecule has 0 bridgehead atoms. The molecule has 0 amide bonds. The topological polar surface area (TPSA) is 21.3 Å². The van der Waals surface area contributed by atoms with E-state index in [1.807, 2.05) is 18.2 Å². The van der Waals surface area contributed by atoms with Crippen molar-refractivity contribution >= 4 is 0 Å². The highest BCUT2D eigenvalue weighted by Crippen LogP contribution is 2.30. The Labute approximate surface area is 97.3 Å². The van der Waals surface area contributed by atoms with E-state index in [-0.39, 0.29) is 6.10 Å². The summed E-state index contributed by atoms with van der Waals surface area (Å²) in [6.07, 6.45) is 4.16. The van der Waals surface area contributed by atoms with Gasteiger partial charge in [-0.2, -0.15) is 0 Å². The van der Waals surface area contributed by atoms with E-state index in [9.17, 15) is 0 Å². The molecule has 1 aliphatic heterocycles. The van der Waals surface area contributed by atoms with E-state index in [0.29, 0.717) is 6.04 Å². The van der Waals surface area contributed by atoms with Crippen LogP contribution in [0.25, 0.3) is 0 Å². The number of likely N-dealkylation sites (N-methyl/N-ethyl adjacent to an activating group) is 1. The smallest absolute Gasteiger partial charge is 0.123 e. The molecule has 2 atom stereocenters. The Balaban J connectivity index is 2.05. The lowest BCUT2D eigenvalue weighted by Crippen LogP contribution is -2.42. The molecule has 0 aliphatic carbocycles. The summed E-state index contributed by atoms with van der Waals surface area (Å²) >= 11 is 0. The summed E-state index contributed by atoms with van der Waals surface area (Å²) in [4.78, 5) is 0.